The molecule has 2 aromatic heterocycles. The van der Waals surface area contributed by atoms with Crippen LogP contribution in [0, 0.1) is 0 Å². The number of para-hydroxylation sites is 2. The summed E-state index contributed by atoms with van der Waals surface area (Å²) in [4.78, 5) is 11.0. The van der Waals surface area contributed by atoms with Crippen LogP contribution in [0.5, 0.6) is 11.5 Å². The Labute approximate surface area is 238 Å². The van der Waals surface area contributed by atoms with Gasteiger partial charge in [0.25, 0.3) is 0 Å². The van der Waals surface area contributed by atoms with Gasteiger partial charge in [-0.1, -0.05) is 60.7 Å². The number of nitrogens with one attached hydrogen (secondary N) is 1. The molecule has 2 heterocycles. The van der Waals surface area contributed by atoms with Crippen LogP contribution in [0.3, 0.4) is 0 Å². The maximum atomic E-state index is 11.0. The average Bonchev–Trinajstić information content (AvgIpc) is 3.63. The molecule has 0 aliphatic heterocycles. The van der Waals surface area contributed by atoms with Crippen LogP contribution < -0.4 is 9.47 Å². The van der Waals surface area contributed by atoms with Gasteiger partial charge in [-0.3, -0.25) is 4.79 Å². The molecule has 41 heavy (non-hydrogen) atoms. The molecule has 0 aliphatic carbocycles. The van der Waals surface area contributed by atoms with E-state index in [0.29, 0.717) is 38.4 Å². The Hall–Kier alpha value is -4.92. The molecule has 0 radical (unpaired) electrons. The number of aromatic nitrogens is 5. The van der Waals surface area contributed by atoms with Crippen LogP contribution in [0.15, 0.2) is 79.0 Å². The summed E-state index contributed by atoms with van der Waals surface area (Å²) in [5.41, 5.74) is 4.28. The van der Waals surface area contributed by atoms with Gasteiger partial charge in [-0.2, -0.15) is 0 Å². The van der Waals surface area contributed by atoms with E-state index >= 15 is 0 Å². The minimum absolute atomic E-state index is 0.140. The summed E-state index contributed by atoms with van der Waals surface area (Å²) >= 11 is 0. The number of hydrogen-bond acceptors (Lipinski definition) is 6. The molecule has 0 fully saturated rings. The normalized spacial score (nSPS) is 11.3. The third-order valence-corrected chi connectivity index (χ3v) is 6.71. The van der Waals surface area contributed by atoms with Crippen LogP contribution in [-0.4, -0.2) is 49.5 Å². The highest BCUT2D eigenvalue weighted by Crippen LogP contribution is 2.28. The summed E-state index contributed by atoms with van der Waals surface area (Å²) in [6.45, 7) is 1.80. The number of rotatable bonds is 15. The van der Waals surface area contributed by atoms with Crippen LogP contribution in [0.2, 0.25) is 0 Å². The number of benzene rings is 3. The summed E-state index contributed by atoms with van der Waals surface area (Å²) in [5.74, 6) is 1.60. The average molecular weight is 552 g/mol. The third kappa shape index (κ3) is 7.82. The van der Waals surface area contributed by atoms with Crippen LogP contribution in [-0.2, 0) is 17.8 Å². The predicted octanol–water partition coefficient (Wildman–Crippen LogP) is 6.02. The Morgan fingerprint density at radius 2 is 1.63 bits per heavy atom. The van der Waals surface area contributed by atoms with Crippen molar-refractivity contribution in [3.05, 3.63) is 102 Å². The molecule has 0 aliphatic rings. The van der Waals surface area contributed by atoms with Crippen molar-refractivity contribution in [3.8, 4) is 11.5 Å². The quantitative estimate of drug-likeness (QED) is 0.121. The molecule has 0 saturated carbocycles. The van der Waals surface area contributed by atoms with Crippen LogP contribution in [0.1, 0.15) is 48.2 Å². The van der Waals surface area contributed by atoms with Gasteiger partial charge in [0.2, 0.25) is 0 Å². The van der Waals surface area contributed by atoms with Crippen molar-refractivity contribution in [1.82, 2.24) is 25.2 Å². The van der Waals surface area contributed by atoms with Gasteiger partial charge >= 0.3 is 5.97 Å². The molecule has 5 aromatic rings. The molecule has 2 N–H and O–H groups in total. The lowest BCUT2D eigenvalue weighted by molar-refractivity contribution is -0.137. The van der Waals surface area contributed by atoms with E-state index in [1.807, 2.05) is 60.7 Å². The van der Waals surface area contributed by atoms with E-state index in [-0.39, 0.29) is 6.42 Å². The number of carbonyl (C=O) groups is 1. The number of fused-ring (bicyclic) bond motifs is 1. The minimum Gasteiger partial charge on any atom is -0.494 e. The van der Waals surface area contributed by atoms with E-state index in [4.69, 9.17) is 14.6 Å². The molecule has 3 aromatic carbocycles. The van der Waals surface area contributed by atoms with Gasteiger partial charge in [0.15, 0.2) is 5.82 Å². The summed E-state index contributed by atoms with van der Waals surface area (Å²) in [7, 11) is 0. The number of tetrazole rings is 1. The zero-order valence-corrected chi connectivity index (χ0v) is 22.8. The summed E-state index contributed by atoms with van der Waals surface area (Å²) in [6, 6.07) is 24.1. The minimum atomic E-state index is -0.782. The summed E-state index contributed by atoms with van der Waals surface area (Å²) in [5, 5.41) is 24.4. The highest BCUT2D eigenvalue weighted by molar-refractivity contribution is 5.93. The molecule has 0 bridgehead atoms. The van der Waals surface area contributed by atoms with Crippen LogP contribution in [0.25, 0.3) is 23.1 Å². The topological polar surface area (TPSA) is 115 Å². The lowest BCUT2D eigenvalue weighted by Gasteiger charge is -2.08. The molecule has 0 unspecified atom stereocenters. The zero-order chi connectivity index (χ0) is 28.3. The van der Waals surface area contributed by atoms with Gasteiger partial charge in [-0.05, 0) is 77.1 Å². The number of carboxylic acids is 1. The summed E-state index contributed by atoms with van der Waals surface area (Å²) in [6.07, 6.45) is 9.50. The number of aryl methyl sites for hydroxylation is 1. The molecule has 0 spiro atoms. The van der Waals surface area contributed by atoms with Crippen molar-refractivity contribution in [2.75, 3.05) is 13.2 Å². The first-order valence-electron chi connectivity index (χ1n) is 13.8. The third-order valence-electron chi connectivity index (χ3n) is 6.71. The Morgan fingerprint density at radius 3 is 2.34 bits per heavy atom. The molecule has 0 saturated heterocycles. The smallest absolute Gasteiger partial charge is 0.303 e. The van der Waals surface area contributed by atoms with E-state index in [9.17, 15) is 4.79 Å². The lowest BCUT2D eigenvalue weighted by Crippen LogP contribution is -2.02. The first-order valence-corrected chi connectivity index (χ1v) is 13.8. The van der Waals surface area contributed by atoms with E-state index in [1.54, 1.807) is 0 Å². The first-order chi connectivity index (χ1) is 20.2. The highest BCUT2D eigenvalue weighted by atomic mass is 16.5. The maximum Gasteiger partial charge on any atom is 0.303 e. The van der Waals surface area contributed by atoms with Gasteiger partial charge in [0, 0.05) is 18.0 Å². The fourth-order valence-electron chi connectivity index (χ4n) is 4.72. The fraction of sp³-hybridized carbons (Fsp3) is 0.250. The number of H-pyrrole nitrogens is 1. The van der Waals surface area contributed by atoms with Gasteiger partial charge in [0.1, 0.15) is 11.5 Å². The second-order valence-electron chi connectivity index (χ2n) is 9.74. The van der Waals surface area contributed by atoms with Crippen molar-refractivity contribution >= 4 is 29.0 Å². The van der Waals surface area contributed by atoms with Gasteiger partial charge < -0.3 is 19.1 Å². The van der Waals surface area contributed by atoms with Crippen molar-refractivity contribution in [2.45, 2.75) is 38.6 Å². The van der Waals surface area contributed by atoms with Gasteiger partial charge in [0.05, 0.1) is 25.3 Å². The molecule has 0 amide bonds. The first kappa shape index (κ1) is 27.6. The van der Waals surface area contributed by atoms with Crippen molar-refractivity contribution in [3.63, 3.8) is 0 Å². The number of nitrogens with zero attached hydrogens (tertiary/aromatic N) is 4. The second kappa shape index (κ2) is 13.9. The number of aliphatic carboxylic acids is 1. The SMILES string of the molecule is O=C(O)CCCc1cn(Cc2nnn[nH]2)c2c(/C=C/c3ccc(OCCCCOc4ccccc4)cc3)cccc12. The van der Waals surface area contributed by atoms with Crippen molar-refractivity contribution in [1.29, 1.82) is 0 Å². The second-order valence-corrected chi connectivity index (χ2v) is 9.74. The molecule has 210 valence electrons. The van der Waals surface area contributed by atoms with E-state index in [1.165, 1.54) is 0 Å². The van der Waals surface area contributed by atoms with Crippen LogP contribution >= 0.6 is 0 Å². The number of aromatic amines is 1. The van der Waals surface area contributed by atoms with Gasteiger partial charge in [-0.15, -0.1) is 5.10 Å². The van der Waals surface area contributed by atoms with Crippen molar-refractivity contribution in [2.24, 2.45) is 0 Å². The number of unbranched alkanes of at least 4 members (excludes halogenated alkanes) is 1. The fourth-order valence-corrected chi connectivity index (χ4v) is 4.72. The molecular formula is C32H33N5O4. The number of carboxylic acid groups (broad SMARTS) is 1. The lowest BCUT2D eigenvalue weighted by atomic mass is 10.0. The van der Waals surface area contributed by atoms with Crippen LogP contribution in [0.4, 0.5) is 0 Å². The highest BCUT2D eigenvalue weighted by Gasteiger charge is 2.13. The Kier molecular flexibility index (Phi) is 9.39. The Bertz CT molecular complexity index is 1560. The van der Waals surface area contributed by atoms with Crippen molar-refractivity contribution < 1.29 is 19.4 Å². The van der Waals surface area contributed by atoms with E-state index in [2.05, 4.69) is 55.7 Å². The molecule has 5 rings (SSSR count). The zero-order valence-electron chi connectivity index (χ0n) is 22.8. The number of hydrogen-bond donors (Lipinski definition) is 2. The van der Waals surface area contributed by atoms with E-state index in [0.717, 1.165) is 51.9 Å². The number of ether oxygens (including phenoxy) is 2. The Balaban J connectivity index is 1.21. The molecule has 9 nitrogen and oxygen atoms in total. The largest absolute Gasteiger partial charge is 0.494 e. The predicted molar refractivity (Wildman–Crippen MR) is 158 cm³/mol. The van der Waals surface area contributed by atoms with Gasteiger partial charge in [-0.25, -0.2) is 5.10 Å². The molecule has 0 atom stereocenters. The van der Waals surface area contributed by atoms with E-state index < -0.39 is 5.97 Å². The molecule has 9 heteroatoms. The molecular weight excluding hydrogens is 518 g/mol. The summed E-state index contributed by atoms with van der Waals surface area (Å²) < 4.78 is 13.8. The Morgan fingerprint density at radius 1 is 0.878 bits per heavy atom. The maximum absolute atomic E-state index is 11.0. The standard InChI is InChI=1S/C32H33N5O4/c38-31(39)13-7-9-26-22-37(23-30-33-35-36-34-30)32-25(8-6-12-29(26)32)17-14-24-15-18-28(19-16-24)41-21-5-4-20-40-27-10-2-1-3-11-27/h1-3,6,8,10-12,14-19,22H,4-5,7,9,13,20-21,23H2,(H,38,39)(H,33,34,35,36)/b17-14+. The monoisotopic (exact) mass is 551 g/mol.